The van der Waals surface area contributed by atoms with E-state index in [1.54, 1.807) is 7.11 Å². The second-order valence-corrected chi connectivity index (χ2v) is 8.59. The Hall–Kier alpha value is -2.19. The topological polar surface area (TPSA) is 65.8 Å². The Morgan fingerprint density at radius 3 is 2.87 bits per heavy atom. The van der Waals surface area contributed by atoms with Crippen LogP contribution >= 0.6 is 11.8 Å². The molecule has 0 spiro atoms. The van der Waals surface area contributed by atoms with Crippen LogP contribution in [0.4, 0.5) is 0 Å². The van der Waals surface area contributed by atoms with Crippen LogP contribution in [0.2, 0.25) is 0 Å². The van der Waals surface area contributed by atoms with Crippen LogP contribution in [0.3, 0.4) is 0 Å². The molecule has 0 radical (unpaired) electrons. The molecular formula is C22H29N3O4S. The highest BCUT2D eigenvalue weighted by atomic mass is 32.2. The molecule has 1 fully saturated rings. The third-order valence-corrected chi connectivity index (χ3v) is 6.75. The molecule has 2 aliphatic rings. The fourth-order valence-corrected chi connectivity index (χ4v) is 5.07. The van der Waals surface area contributed by atoms with Gasteiger partial charge in [-0.2, -0.15) is 0 Å². The maximum Gasteiger partial charge on any atom is 0.233 e. The number of imidazole rings is 1. The van der Waals surface area contributed by atoms with Gasteiger partial charge in [0.1, 0.15) is 13.2 Å². The lowest BCUT2D eigenvalue weighted by molar-refractivity contribution is -0.129. The largest absolute Gasteiger partial charge is 0.486 e. The van der Waals surface area contributed by atoms with Crippen molar-refractivity contribution in [1.29, 1.82) is 0 Å². The van der Waals surface area contributed by atoms with Crippen LogP contribution < -0.4 is 9.47 Å². The molecule has 1 amide bonds. The zero-order valence-electron chi connectivity index (χ0n) is 17.8. The molecule has 8 heteroatoms. The molecule has 0 saturated carbocycles. The summed E-state index contributed by atoms with van der Waals surface area (Å²) < 4.78 is 18.7. The minimum Gasteiger partial charge on any atom is -0.486 e. The molecule has 7 nitrogen and oxygen atoms in total. The Balaban J connectivity index is 1.44. The van der Waals surface area contributed by atoms with Crippen molar-refractivity contribution in [3.8, 4) is 11.5 Å². The first-order valence-electron chi connectivity index (χ1n) is 10.4. The van der Waals surface area contributed by atoms with Gasteiger partial charge in [-0.3, -0.25) is 4.79 Å². The number of aromatic nitrogens is 2. The summed E-state index contributed by atoms with van der Waals surface area (Å²) in [6.07, 6.45) is 1.98. The van der Waals surface area contributed by atoms with Gasteiger partial charge in [-0.15, -0.1) is 0 Å². The fourth-order valence-electron chi connectivity index (χ4n) is 4.07. The Kier molecular flexibility index (Phi) is 6.53. The molecule has 162 valence electrons. The predicted molar refractivity (Wildman–Crippen MR) is 115 cm³/mol. The Labute approximate surface area is 181 Å². The summed E-state index contributed by atoms with van der Waals surface area (Å²) in [5.41, 5.74) is 3.23. The number of nitrogens with zero attached hydrogens (tertiary/aromatic N) is 3. The van der Waals surface area contributed by atoms with E-state index in [2.05, 4.69) is 22.5 Å². The molecule has 0 bridgehead atoms. The summed E-state index contributed by atoms with van der Waals surface area (Å²) >= 11 is 1.51. The molecule has 0 N–H and O–H groups in total. The minimum absolute atomic E-state index is 0.0886. The van der Waals surface area contributed by atoms with Gasteiger partial charge in [-0.1, -0.05) is 17.8 Å². The Morgan fingerprint density at radius 1 is 1.27 bits per heavy atom. The third-order valence-electron chi connectivity index (χ3n) is 5.79. The Morgan fingerprint density at radius 2 is 2.07 bits per heavy atom. The average Bonchev–Trinajstić information content (AvgIpc) is 3.36. The first kappa shape index (κ1) is 21.1. The van der Waals surface area contributed by atoms with Crippen molar-refractivity contribution < 1.29 is 19.0 Å². The molecule has 1 aromatic heterocycles. The first-order valence-corrected chi connectivity index (χ1v) is 11.4. The number of fused-ring (bicyclic) bond motifs is 1. The molecule has 1 aromatic carbocycles. The highest BCUT2D eigenvalue weighted by Crippen LogP contribution is 2.38. The van der Waals surface area contributed by atoms with Crippen molar-refractivity contribution in [3.05, 3.63) is 35.2 Å². The van der Waals surface area contributed by atoms with E-state index in [0.29, 0.717) is 25.6 Å². The standard InChI is InChI=1S/C22H29N3O4S/c1-15-16(2)24(9-10-27-3)22(23-15)30-14-21(26)25-8-4-5-18(25)17-6-7-19-20(13-17)29-12-11-28-19/h6-7,13,18H,4-5,8-12,14H2,1-3H3. The SMILES string of the molecule is COCCn1c(SCC(=O)N2CCCC2c2ccc3c(c2)OCCO3)nc(C)c1C. The van der Waals surface area contributed by atoms with Gasteiger partial charge in [0, 0.05) is 25.9 Å². The summed E-state index contributed by atoms with van der Waals surface area (Å²) in [6, 6.07) is 6.13. The lowest BCUT2D eigenvalue weighted by Crippen LogP contribution is -2.32. The molecule has 1 atom stereocenters. The second kappa shape index (κ2) is 9.31. The van der Waals surface area contributed by atoms with Crippen LogP contribution in [-0.4, -0.2) is 59.6 Å². The number of carbonyl (C=O) groups is 1. The number of thioether (sulfide) groups is 1. The van der Waals surface area contributed by atoms with Crippen LogP contribution in [0, 0.1) is 13.8 Å². The van der Waals surface area contributed by atoms with E-state index in [4.69, 9.17) is 14.2 Å². The maximum atomic E-state index is 13.1. The van der Waals surface area contributed by atoms with E-state index in [1.807, 2.05) is 24.0 Å². The molecule has 2 aromatic rings. The molecule has 0 aliphatic carbocycles. The quantitative estimate of drug-likeness (QED) is 0.627. The minimum atomic E-state index is 0.0886. The van der Waals surface area contributed by atoms with Gasteiger partial charge in [-0.25, -0.2) is 4.98 Å². The highest BCUT2D eigenvalue weighted by molar-refractivity contribution is 7.99. The molecule has 1 saturated heterocycles. The number of carbonyl (C=O) groups excluding carboxylic acids is 1. The van der Waals surface area contributed by atoms with Crippen molar-refractivity contribution in [2.75, 3.05) is 39.2 Å². The summed E-state index contributed by atoms with van der Waals surface area (Å²) in [4.78, 5) is 19.8. The molecule has 30 heavy (non-hydrogen) atoms. The number of ether oxygens (including phenoxy) is 3. The summed E-state index contributed by atoms with van der Waals surface area (Å²) in [6.45, 7) is 7.35. The van der Waals surface area contributed by atoms with E-state index in [-0.39, 0.29) is 11.9 Å². The van der Waals surface area contributed by atoms with Crippen molar-refractivity contribution >= 4 is 17.7 Å². The number of amides is 1. The summed E-state index contributed by atoms with van der Waals surface area (Å²) in [7, 11) is 1.70. The number of hydrogen-bond acceptors (Lipinski definition) is 6. The zero-order valence-corrected chi connectivity index (χ0v) is 18.7. The molecule has 1 unspecified atom stereocenters. The molecular weight excluding hydrogens is 402 g/mol. The number of methoxy groups -OCH3 is 1. The van der Waals surface area contributed by atoms with Gasteiger partial charge in [0.25, 0.3) is 0 Å². The lowest BCUT2D eigenvalue weighted by Gasteiger charge is -2.26. The van der Waals surface area contributed by atoms with Gasteiger partial charge in [0.05, 0.1) is 24.1 Å². The lowest BCUT2D eigenvalue weighted by atomic mass is 10.0. The van der Waals surface area contributed by atoms with E-state index < -0.39 is 0 Å². The van der Waals surface area contributed by atoms with Crippen LogP contribution in [0.25, 0.3) is 0 Å². The molecule has 3 heterocycles. The van der Waals surface area contributed by atoms with Crippen molar-refractivity contribution in [2.24, 2.45) is 0 Å². The zero-order chi connectivity index (χ0) is 21.1. The third kappa shape index (κ3) is 4.30. The summed E-state index contributed by atoms with van der Waals surface area (Å²) in [5, 5.41) is 0.880. The van der Waals surface area contributed by atoms with E-state index in [1.165, 1.54) is 11.8 Å². The monoisotopic (exact) mass is 431 g/mol. The van der Waals surface area contributed by atoms with Crippen LogP contribution in [-0.2, 0) is 16.1 Å². The van der Waals surface area contributed by atoms with Crippen molar-refractivity contribution in [3.63, 3.8) is 0 Å². The van der Waals surface area contributed by atoms with Gasteiger partial charge in [-0.05, 0) is 44.4 Å². The van der Waals surface area contributed by atoms with Gasteiger partial charge >= 0.3 is 0 Å². The van der Waals surface area contributed by atoms with E-state index in [9.17, 15) is 4.79 Å². The smallest absolute Gasteiger partial charge is 0.233 e. The fraction of sp³-hybridized carbons (Fsp3) is 0.545. The van der Waals surface area contributed by atoms with Gasteiger partial charge in [0.15, 0.2) is 16.7 Å². The van der Waals surface area contributed by atoms with Crippen molar-refractivity contribution in [2.45, 2.75) is 44.4 Å². The number of hydrogen-bond donors (Lipinski definition) is 0. The normalized spacial score (nSPS) is 18.1. The maximum absolute atomic E-state index is 13.1. The average molecular weight is 432 g/mol. The van der Waals surface area contributed by atoms with Crippen LogP contribution in [0.5, 0.6) is 11.5 Å². The number of likely N-dealkylation sites (tertiary alicyclic amines) is 1. The van der Waals surface area contributed by atoms with Crippen LogP contribution in [0.15, 0.2) is 23.4 Å². The Bertz CT molecular complexity index is 914. The molecule has 4 rings (SSSR count). The summed E-state index contributed by atoms with van der Waals surface area (Å²) in [5.74, 6) is 2.09. The number of benzene rings is 1. The van der Waals surface area contributed by atoms with E-state index >= 15 is 0 Å². The van der Waals surface area contributed by atoms with Crippen LogP contribution in [0.1, 0.15) is 35.8 Å². The van der Waals surface area contributed by atoms with Crippen molar-refractivity contribution in [1.82, 2.24) is 14.5 Å². The van der Waals surface area contributed by atoms with Gasteiger partial charge in [0.2, 0.25) is 5.91 Å². The first-order chi connectivity index (χ1) is 14.6. The predicted octanol–water partition coefficient (Wildman–Crippen LogP) is 3.37. The van der Waals surface area contributed by atoms with Gasteiger partial charge < -0.3 is 23.7 Å². The number of aryl methyl sites for hydroxylation is 1. The highest BCUT2D eigenvalue weighted by Gasteiger charge is 2.31. The molecule has 2 aliphatic heterocycles. The van der Waals surface area contributed by atoms with E-state index in [0.717, 1.165) is 59.5 Å². The number of rotatable bonds is 7. The second-order valence-electron chi connectivity index (χ2n) is 7.65.